The number of nitrogens with two attached hydrogens (primary N) is 1. The van der Waals surface area contributed by atoms with Gasteiger partial charge in [0.05, 0.1) is 5.69 Å². The second-order valence-corrected chi connectivity index (χ2v) is 6.78. The summed E-state index contributed by atoms with van der Waals surface area (Å²) in [4.78, 5) is 0.122. The smallest absolute Gasteiger partial charge is 0.244 e. The van der Waals surface area contributed by atoms with Gasteiger partial charge in [-0.15, -0.1) is 0 Å². The van der Waals surface area contributed by atoms with Gasteiger partial charge in [-0.1, -0.05) is 15.9 Å². The topological polar surface area (TPSA) is 72.6 Å². The molecule has 0 unspecified atom stereocenters. The van der Waals surface area contributed by atoms with Crippen LogP contribution in [0.3, 0.4) is 0 Å². The molecule has 0 aliphatic carbocycles. The van der Waals surface area contributed by atoms with Crippen LogP contribution >= 0.6 is 15.9 Å². The van der Waals surface area contributed by atoms with Crippen molar-refractivity contribution in [2.24, 2.45) is 0 Å². The maximum Gasteiger partial charge on any atom is 0.244 e. The molecule has 1 aromatic rings. The van der Waals surface area contributed by atoms with Gasteiger partial charge in [-0.3, -0.25) is 0 Å². The number of nitrogen functional groups attached to an aromatic ring is 1. The number of ether oxygens (including phenoxy) is 1. The van der Waals surface area contributed by atoms with Crippen molar-refractivity contribution in [3.05, 3.63) is 22.7 Å². The van der Waals surface area contributed by atoms with Gasteiger partial charge in [0.1, 0.15) is 4.90 Å². The lowest BCUT2D eigenvalue weighted by Gasteiger charge is -2.18. The number of nitrogens with zero attached hydrogens (tertiary/aromatic N) is 1. The molecule has 0 bridgehead atoms. The number of sulfonamides is 1. The van der Waals surface area contributed by atoms with Crippen molar-refractivity contribution in [1.29, 1.82) is 0 Å². The van der Waals surface area contributed by atoms with Gasteiger partial charge in [0.15, 0.2) is 0 Å². The Morgan fingerprint density at radius 3 is 2.72 bits per heavy atom. The lowest BCUT2D eigenvalue weighted by Crippen LogP contribution is -2.29. The van der Waals surface area contributed by atoms with Crippen LogP contribution in [0.1, 0.15) is 6.42 Å². The highest BCUT2D eigenvalue weighted by atomic mass is 79.9. The molecule has 1 rings (SSSR count). The van der Waals surface area contributed by atoms with Gasteiger partial charge >= 0.3 is 0 Å². The Morgan fingerprint density at radius 2 is 2.11 bits per heavy atom. The van der Waals surface area contributed by atoms with E-state index in [1.165, 1.54) is 17.4 Å². The number of benzene rings is 1. The Kier molecular flexibility index (Phi) is 5.58. The van der Waals surface area contributed by atoms with E-state index in [1.807, 2.05) is 0 Å². The molecule has 2 N–H and O–H groups in total. The van der Waals surface area contributed by atoms with E-state index < -0.39 is 10.0 Å². The first-order chi connectivity index (χ1) is 8.39. The zero-order chi connectivity index (χ0) is 13.8. The minimum absolute atomic E-state index is 0.122. The summed E-state index contributed by atoms with van der Waals surface area (Å²) in [6, 6.07) is 4.79. The fourth-order valence-corrected chi connectivity index (χ4v) is 3.31. The molecule has 0 saturated carbocycles. The normalized spacial score (nSPS) is 12.0. The van der Waals surface area contributed by atoms with Gasteiger partial charge in [-0.05, 0) is 24.6 Å². The Labute approximate surface area is 116 Å². The third kappa shape index (κ3) is 3.68. The molecule has 102 valence electrons. The van der Waals surface area contributed by atoms with Gasteiger partial charge < -0.3 is 10.5 Å². The van der Waals surface area contributed by atoms with Crippen LogP contribution in [0.4, 0.5) is 5.69 Å². The van der Waals surface area contributed by atoms with Crippen molar-refractivity contribution < 1.29 is 13.2 Å². The van der Waals surface area contributed by atoms with E-state index in [-0.39, 0.29) is 10.6 Å². The lowest BCUT2D eigenvalue weighted by molar-refractivity contribution is 0.189. The molecule has 0 amide bonds. The highest BCUT2D eigenvalue weighted by molar-refractivity contribution is 9.10. The van der Waals surface area contributed by atoms with Crippen LogP contribution < -0.4 is 5.73 Å². The number of methoxy groups -OCH3 is 1. The predicted molar refractivity (Wildman–Crippen MR) is 74.9 cm³/mol. The zero-order valence-electron chi connectivity index (χ0n) is 10.4. The summed E-state index contributed by atoms with van der Waals surface area (Å²) in [6.45, 7) is 0.913. The first-order valence-electron chi connectivity index (χ1n) is 5.40. The lowest BCUT2D eigenvalue weighted by atomic mass is 10.3. The second-order valence-electron chi connectivity index (χ2n) is 3.86. The monoisotopic (exact) mass is 336 g/mol. The summed E-state index contributed by atoms with van der Waals surface area (Å²) in [5.41, 5.74) is 5.96. The molecule has 0 aliphatic heterocycles. The van der Waals surface area contributed by atoms with E-state index in [0.29, 0.717) is 24.0 Å². The third-order valence-electron chi connectivity index (χ3n) is 2.49. The maximum absolute atomic E-state index is 12.3. The molecule has 18 heavy (non-hydrogen) atoms. The Hall–Kier alpha value is -0.630. The minimum atomic E-state index is -3.55. The summed E-state index contributed by atoms with van der Waals surface area (Å²) >= 11 is 3.24. The van der Waals surface area contributed by atoms with Crippen LogP contribution in [0, 0.1) is 0 Å². The number of hydrogen-bond acceptors (Lipinski definition) is 4. The van der Waals surface area contributed by atoms with Crippen LogP contribution in [0.5, 0.6) is 0 Å². The largest absolute Gasteiger partial charge is 0.398 e. The summed E-state index contributed by atoms with van der Waals surface area (Å²) in [5, 5.41) is 0. The van der Waals surface area contributed by atoms with Gasteiger partial charge in [0.25, 0.3) is 0 Å². The zero-order valence-corrected chi connectivity index (χ0v) is 12.8. The molecule has 0 fully saturated rings. The number of hydrogen-bond donors (Lipinski definition) is 1. The van der Waals surface area contributed by atoms with Crippen LogP contribution in [0.15, 0.2) is 27.6 Å². The average Bonchev–Trinajstić information content (AvgIpc) is 2.32. The molecule has 0 aliphatic rings. The Bertz CT molecular complexity index is 505. The molecular formula is C11H17BrN2O3S. The van der Waals surface area contributed by atoms with E-state index >= 15 is 0 Å². The van der Waals surface area contributed by atoms with Gasteiger partial charge in [-0.2, -0.15) is 0 Å². The predicted octanol–water partition coefficient (Wildman–Crippen LogP) is 1.69. The third-order valence-corrected chi connectivity index (χ3v) is 4.89. The minimum Gasteiger partial charge on any atom is -0.398 e. The molecule has 0 heterocycles. The van der Waals surface area contributed by atoms with Crippen molar-refractivity contribution in [3.8, 4) is 0 Å². The Balaban J connectivity index is 2.95. The quantitative estimate of drug-likeness (QED) is 0.633. The van der Waals surface area contributed by atoms with Gasteiger partial charge in [-0.25, -0.2) is 12.7 Å². The van der Waals surface area contributed by atoms with E-state index in [1.54, 1.807) is 19.2 Å². The fourth-order valence-electron chi connectivity index (χ4n) is 1.45. The molecule has 0 saturated heterocycles. The number of rotatable bonds is 6. The van der Waals surface area contributed by atoms with Crippen molar-refractivity contribution in [2.45, 2.75) is 11.3 Å². The molecule has 5 nitrogen and oxygen atoms in total. The first kappa shape index (κ1) is 15.4. The van der Waals surface area contributed by atoms with Crippen molar-refractivity contribution in [2.75, 3.05) is 33.0 Å². The maximum atomic E-state index is 12.3. The van der Waals surface area contributed by atoms with Crippen molar-refractivity contribution in [1.82, 2.24) is 4.31 Å². The van der Waals surface area contributed by atoms with Crippen molar-refractivity contribution in [3.63, 3.8) is 0 Å². The van der Waals surface area contributed by atoms with E-state index in [2.05, 4.69) is 15.9 Å². The van der Waals surface area contributed by atoms with E-state index in [0.717, 1.165) is 0 Å². The fraction of sp³-hybridized carbons (Fsp3) is 0.455. The molecule has 0 aromatic heterocycles. The summed E-state index contributed by atoms with van der Waals surface area (Å²) in [7, 11) is -0.433. The highest BCUT2D eigenvalue weighted by Gasteiger charge is 2.23. The number of halogens is 1. The summed E-state index contributed by atoms with van der Waals surface area (Å²) in [5.74, 6) is 0. The Morgan fingerprint density at radius 1 is 1.44 bits per heavy atom. The highest BCUT2D eigenvalue weighted by Crippen LogP contribution is 2.25. The molecule has 1 aromatic carbocycles. The standard InChI is InChI=1S/C11H17BrN2O3S/c1-14(6-3-7-17-2)18(15,16)11-8-9(12)4-5-10(11)13/h4-5,8H,3,6-7,13H2,1-2H3. The van der Waals surface area contributed by atoms with Crippen molar-refractivity contribution >= 4 is 31.6 Å². The van der Waals surface area contributed by atoms with Crippen LogP contribution in [0.25, 0.3) is 0 Å². The average molecular weight is 337 g/mol. The molecule has 0 radical (unpaired) electrons. The number of anilines is 1. The molecule has 0 atom stereocenters. The van der Waals surface area contributed by atoms with Gasteiger partial charge in [0, 0.05) is 31.8 Å². The SMILES string of the molecule is COCCCN(C)S(=O)(=O)c1cc(Br)ccc1N. The van der Waals surface area contributed by atoms with Crippen LogP contribution in [0.2, 0.25) is 0 Å². The molecule has 7 heteroatoms. The first-order valence-corrected chi connectivity index (χ1v) is 7.63. The summed E-state index contributed by atoms with van der Waals surface area (Å²) in [6.07, 6.45) is 0.639. The molecule has 0 spiro atoms. The van der Waals surface area contributed by atoms with E-state index in [4.69, 9.17) is 10.5 Å². The van der Waals surface area contributed by atoms with Crippen LogP contribution in [-0.4, -0.2) is 40.0 Å². The van der Waals surface area contributed by atoms with Crippen LogP contribution in [-0.2, 0) is 14.8 Å². The molecular weight excluding hydrogens is 320 g/mol. The van der Waals surface area contributed by atoms with Gasteiger partial charge in [0.2, 0.25) is 10.0 Å². The second kappa shape index (κ2) is 6.51. The van der Waals surface area contributed by atoms with E-state index in [9.17, 15) is 8.42 Å². The summed E-state index contributed by atoms with van der Waals surface area (Å²) < 4.78 is 31.4.